The summed E-state index contributed by atoms with van der Waals surface area (Å²) in [6.07, 6.45) is 1.95. The van der Waals surface area contributed by atoms with Gasteiger partial charge in [0.15, 0.2) is 0 Å². The number of rotatable bonds is 5. The summed E-state index contributed by atoms with van der Waals surface area (Å²) in [6.45, 7) is 6.39. The number of Topliss-reactive ketones (excluding diaryl/α,β-unsaturated/α-hetero) is 1. The van der Waals surface area contributed by atoms with Crippen molar-refractivity contribution in [2.75, 3.05) is 11.9 Å². The normalized spacial score (nSPS) is 16.3. The van der Waals surface area contributed by atoms with Crippen LogP contribution in [-0.4, -0.2) is 18.4 Å². The van der Waals surface area contributed by atoms with Crippen LogP contribution in [0.2, 0.25) is 0 Å². The molecule has 2 aromatic carbocycles. The SMILES string of the molecule is CCOC(=O)CCc1cccc(C2CC(=O)Cc3cc(C)c(C)cc3N2)c1. The highest BCUT2D eigenvalue weighted by Gasteiger charge is 2.23. The van der Waals surface area contributed by atoms with Crippen LogP contribution in [0, 0.1) is 13.8 Å². The topological polar surface area (TPSA) is 55.4 Å². The zero-order valence-corrected chi connectivity index (χ0v) is 16.3. The van der Waals surface area contributed by atoms with E-state index < -0.39 is 0 Å². The van der Waals surface area contributed by atoms with E-state index in [0.717, 1.165) is 22.4 Å². The van der Waals surface area contributed by atoms with Gasteiger partial charge in [-0.1, -0.05) is 30.3 Å². The zero-order chi connectivity index (χ0) is 19.4. The number of esters is 1. The second-order valence-electron chi connectivity index (χ2n) is 7.26. The van der Waals surface area contributed by atoms with Crippen LogP contribution in [0.3, 0.4) is 0 Å². The Hall–Kier alpha value is -2.62. The monoisotopic (exact) mass is 365 g/mol. The second kappa shape index (κ2) is 8.38. The van der Waals surface area contributed by atoms with E-state index in [1.807, 2.05) is 25.1 Å². The molecule has 0 spiro atoms. The summed E-state index contributed by atoms with van der Waals surface area (Å²) in [7, 11) is 0. The summed E-state index contributed by atoms with van der Waals surface area (Å²) in [5.41, 5.74) is 6.71. The molecule has 1 unspecified atom stereocenters. The van der Waals surface area contributed by atoms with Crippen molar-refractivity contribution < 1.29 is 14.3 Å². The molecule has 1 atom stereocenters. The third-order valence-corrected chi connectivity index (χ3v) is 5.15. The number of hydrogen-bond acceptors (Lipinski definition) is 4. The highest BCUT2D eigenvalue weighted by Crippen LogP contribution is 2.32. The Morgan fingerprint density at radius 1 is 1.19 bits per heavy atom. The molecule has 4 nitrogen and oxygen atoms in total. The van der Waals surface area contributed by atoms with Gasteiger partial charge in [0.25, 0.3) is 0 Å². The fourth-order valence-corrected chi connectivity index (χ4v) is 3.55. The maximum Gasteiger partial charge on any atom is 0.306 e. The predicted octanol–water partition coefficient (Wildman–Crippen LogP) is 4.47. The predicted molar refractivity (Wildman–Crippen MR) is 107 cm³/mol. The van der Waals surface area contributed by atoms with Gasteiger partial charge in [0.1, 0.15) is 5.78 Å². The molecule has 0 amide bonds. The van der Waals surface area contributed by atoms with Crippen molar-refractivity contribution in [3.05, 3.63) is 64.2 Å². The molecule has 27 heavy (non-hydrogen) atoms. The van der Waals surface area contributed by atoms with Gasteiger partial charge in [-0.2, -0.15) is 0 Å². The Balaban J connectivity index is 1.81. The first-order chi connectivity index (χ1) is 13.0. The van der Waals surface area contributed by atoms with E-state index in [1.165, 1.54) is 11.1 Å². The van der Waals surface area contributed by atoms with E-state index in [-0.39, 0.29) is 17.8 Å². The molecule has 0 saturated heterocycles. The lowest BCUT2D eigenvalue weighted by Crippen LogP contribution is -2.13. The standard InChI is InChI=1S/C23H27NO3/c1-4-27-23(26)9-8-17-6-5-7-18(12-17)22-14-20(25)13-19-10-15(2)16(3)11-21(19)24-22/h5-7,10-12,22,24H,4,8-9,13-14H2,1-3H3. The first-order valence-corrected chi connectivity index (χ1v) is 9.59. The first kappa shape index (κ1) is 19.2. The lowest BCUT2D eigenvalue weighted by atomic mass is 9.97. The molecule has 0 aliphatic carbocycles. The van der Waals surface area contributed by atoms with Crippen LogP contribution in [0.4, 0.5) is 5.69 Å². The molecule has 3 rings (SSSR count). The Morgan fingerprint density at radius 2 is 1.96 bits per heavy atom. The molecule has 0 saturated carbocycles. The van der Waals surface area contributed by atoms with Gasteiger partial charge in [0.05, 0.1) is 12.6 Å². The summed E-state index contributed by atoms with van der Waals surface area (Å²) >= 11 is 0. The highest BCUT2D eigenvalue weighted by molar-refractivity contribution is 5.85. The van der Waals surface area contributed by atoms with Gasteiger partial charge in [-0.05, 0) is 61.1 Å². The maximum absolute atomic E-state index is 12.5. The molecule has 0 bridgehead atoms. The van der Waals surface area contributed by atoms with Crippen molar-refractivity contribution in [3.63, 3.8) is 0 Å². The second-order valence-corrected chi connectivity index (χ2v) is 7.26. The average molecular weight is 365 g/mol. The molecule has 142 valence electrons. The van der Waals surface area contributed by atoms with Crippen LogP contribution in [0.25, 0.3) is 0 Å². The number of nitrogens with one attached hydrogen (secondary N) is 1. The van der Waals surface area contributed by atoms with Crippen LogP contribution < -0.4 is 5.32 Å². The van der Waals surface area contributed by atoms with E-state index in [1.54, 1.807) is 0 Å². The lowest BCUT2D eigenvalue weighted by Gasteiger charge is -2.20. The minimum atomic E-state index is -0.176. The third kappa shape index (κ3) is 4.76. The van der Waals surface area contributed by atoms with Crippen LogP contribution in [0.5, 0.6) is 0 Å². The van der Waals surface area contributed by atoms with E-state index >= 15 is 0 Å². The van der Waals surface area contributed by atoms with Gasteiger partial charge < -0.3 is 10.1 Å². The Labute approximate surface area is 160 Å². The van der Waals surface area contributed by atoms with E-state index in [9.17, 15) is 9.59 Å². The summed E-state index contributed by atoms with van der Waals surface area (Å²) in [5.74, 6) is 0.0666. The smallest absolute Gasteiger partial charge is 0.306 e. The van der Waals surface area contributed by atoms with Crippen molar-refractivity contribution >= 4 is 17.4 Å². The average Bonchev–Trinajstić information content (AvgIpc) is 2.79. The molecule has 4 heteroatoms. The minimum absolute atomic E-state index is 0.0524. The van der Waals surface area contributed by atoms with Gasteiger partial charge in [-0.15, -0.1) is 0 Å². The van der Waals surface area contributed by atoms with Gasteiger partial charge in [0, 0.05) is 24.9 Å². The molecule has 2 aromatic rings. The summed E-state index contributed by atoms with van der Waals surface area (Å²) in [6, 6.07) is 12.4. The van der Waals surface area contributed by atoms with Crippen molar-refractivity contribution in [2.24, 2.45) is 0 Å². The molecule has 0 fully saturated rings. The van der Waals surface area contributed by atoms with Gasteiger partial charge in [0.2, 0.25) is 0 Å². The van der Waals surface area contributed by atoms with E-state index in [0.29, 0.717) is 32.3 Å². The first-order valence-electron chi connectivity index (χ1n) is 9.59. The molecule has 1 N–H and O–H groups in total. The largest absolute Gasteiger partial charge is 0.466 e. The van der Waals surface area contributed by atoms with Crippen LogP contribution in [0.1, 0.15) is 53.6 Å². The number of aryl methyl sites for hydroxylation is 3. The van der Waals surface area contributed by atoms with Crippen LogP contribution >= 0.6 is 0 Å². The Kier molecular flexibility index (Phi) is 5.94. The number of ketones is 1. The quantitative estimate of drug-likeness (QED) is 0.795. The van der Waals surface area contributed by atoms with Crippen molar-refractivity contribution in [1.82, 2.24) is 0 Å². The molecular weight excluding hydrogens is 338 g/mol. The number of carbonyl (C=O) groups is 2. The number of fused-ring (bicyclic) bond motifs is 1. The van der Waals surface area contributed by atoms with Gasteiger partial charge >= 0.3 is 5.97 Å². The van der Waals surface area contributed by atoms with E-state index in [2.05, 4.69) is 37.4 Å². The summed E-state index contributed by atoms with van der Waals surface area (Å²) < 4.78 is 5.00. The fraction of sp³-hybridized carbons (Fsp3) is 0.391. The molecule has 0 aromatic heterocycles. The number of benzene rings is 2. The number of anilines is 1. The summed E-state index contributed by atoms with van der Waals surface area (Å²) in [4.78, 5) is 24.1. The van der Waals surface area contributed by atoms with Gasteiger partial charge in [-0.3, -0.25) is 9.59 Å². The van der Waals surface area contributed by atoms with Crippen molar-refractivity contribution in [1.29, 1.82) is 0 Å². The molecule has 1 heterocycles. The summed E-state index contributed by atoms with van der Waals surface area (Å²) in [5, 5.41) is 3.57. The lowest BCUT2D eigenvalue weighted by molar-refractivity contribution is -0.143. The van der Waals surface area contributed by atoms with Crippen molar-refractivity contribution in [3.8, 4) is 0 Å². The molecule has 1 aliphatic rings. The fourth-order valence-electron chi connectivity index (χ4n) is 3.55. The van der Waals surface area contributed by atoms with Crippen LogP contribution in [0.15, 0.2) is 36.4 Å². The Bertz CT molecular complexity index is 857. The number of carbonyl (C=O) groups excluding carboxylic acids is 2. The zero-order valence-electron chi connectivity index (χ0n) is 16.3. The molecular formula is C23H27NO3. The number of hydrogen-bond donors (Lipinski definition) is 1. The maximum atomic E-state index is 12.5. The molecule has 0 radical (unpaired) electrons. The van der Waals surface area contributed by atoms with Gasteiger partial charge in [-0.25, -0.2) is 0 Å². The van der Waals surface area contributed by atoms with Crippen molar-refractivity contribution in [2.45, 2.75) is 52.5 Å². The highest BCUT2D eigenvalue weighted by atomic mass is 16.5. The van der Waals surface area contributed by atoms with E-state index in [4.69, 9.17) is 4.74 Å². The Morgan fingerprint density at radius 3 is 2.74 bits per heavy atom. The minimum Gasteiger partial charge on any atom is -0.466 e. The number of ether oxygens (including phenoxy) is 1. The van der Waals surface area contributed by atoms with Crippen LogP contribution in [-0.2, 0) is 27.2 Å². The molecule has 1 aliphatic heterocycles. The third-order valence-electron chi connectivity index (χ3n) is 5.15.